The number of nitriles is 1. The smallest absolute Gasteiger partial charge is 0.139 e. The van der Waals surface area contributed by atoms with E-state index in [1.165, 1.54) is 34.8 Å². The molecule has 0 bridgehead atoms. The molecule has 0 radical (unpaired) electrons. The van der Waals surface area contributed by atoms with Gasteiger partial charge in [0.25, 0.3) is 0 Å². The molecule has 0 aliphatic carbocycles. The molecule has 0 atom stereocenters. The van der Waals surface area contributed by atoms with Gasteiger partial charge < -0.3 is 4.74 Å². The molecule has 8 heteroatoms. The highest BCUT2D eigenvalue weighted by atomic mass is 32.1. The number of thiophene rings is 4. The Labute approximate surface area is 308 Å². The van der Waals surface area contributed by atoms with Crippen LogP contribution in [0.3, 0.4) is 0 Å². The van der Waals surface area contributed by atoms with Crippen molar-refractivity contribution in [3.8, 4) is 31.3 Å². The van der Waals surface area contributed by atoms with E-state index in [0.29, 0.717) is 24.4 Å². The Hall–Kier alpha value is -2.83. The summed E-state index contributed by atoms with van der Waals surface area (Å²) >= 11 is 7.22. The molecule has 258 valence electrons. The summed E-state index contributed by atoms with van der Waals surface area (Å²) in [4.78, 5) is 17.9. The van der Waals surface area contributed by atoms with Gasteiger partial charge in [-0.15, -0.1) is 45.3 Å². The summed E-state index contributed by atoms with van der Waals surface area (Å²) in [6, 6.07) is 11.5. The second-order valence-corrected chi connectivity index (χ2v) is 20.9. The van der Waals surface area contributed by atoms with Gasteiger partial charge in [-0.2, -0.15) is 5.26 Å². The fourth-order valence-corrected chi connectivity index (χ4v) is 11.0. The molecule has 0 amide bonds. The average molecular weight is 728 g/mol. The molecule has 4 nitrogen and oxygen atoms in total. The van der Waals surface area contributed by atoms with Crippen LogP contribution in [0.2, 0.25) is 0 Å². The lowest BCUT2D eigenvalue weighted by atomic mass is 9.94. The SMILES string of the molecule is CC(C)COc1cc(-c2cc3c4nc(CC(C)C)c(CC(C)C)nc4c4cc(C(C)(C)C)sc4c3s2)sc1-c1sc(C(C)(C)C)cc1C#N. The molecule has 0 unspecified atom stereocenters. The quantitative estimate of drug-likeness (QED) is 0.149. The van der Waals surface area contributed by atoms with Crippen molar-refractivity contribution in [2.45, 2.75) is 107 Å². The third-order valence-corrected chi connectivity index (χ3v) is 14.4. The zero-order chi connectivity index (χ0) is 35.6. The second kappa shape index (κ2) is 13.4. The van der Waals surface area contributed by atoms with E-state index < -0.39 is 0 Å². The van der Waals surface area contributed by atoms with Gasteiger partial charge in [0.15, 0.2) is 0 Å². The third-order valence-electron chi connectivity index (χ3n) is 8.48. The van der Waals surface area contributed by atoms with Crippen LogP contribution in [0.25, 0.3) is 50.7 Å². The highest BCUT2D eigenvalue weighted by molar-refractivity contribution is 7.32. The lowest BCUT2D eigenvalue weighted by Gasteiger charge is -2.15. The predicted octanol–water partition coefficient (Wildman–Crippen LogP) is 13.4. The molecular weight excluding hydrogens is 679 g/mol. The summed E-state index contributed by atoms with van der Waals surface area (Å²) in [5, 5.41) is 12.6. The number of hydrogen-bond donors (Lipinski definition) is 0. The largest absolute Gasteiger partial charge is 0.492 e. The van der Waals surface area contributed by atoms with E-state index in [1.807, 2.05) is 22.7 Å². The van der Waals surface area contributed by atoms with Gasteiger partial charge in [0, 0.05) is 36.3 Å². The number of rotatable bonds is 9. The van der Waals surface area contributed by atoms with Crippen molar-refractivity contribution in [1.29, 1.82) is 5.26 Å². The summed E-state index contributed by atoms with van der Waals surface area (Å²) in [7, 11) is 0. The minimum Gasteiger partial charge on any atom is -0.492 e. The molecule has 0 saturated heterocycles. The fourth-order valence-electron chi connectivity index (χ4n) is 5.97. The van der Waals surface area contributed by atoms with E-state index in [1.54, 1.807) is 22.7 Å². The van der Waals surface area contributed by atoms with Crippen LogP contribution in [-0.2, 0) is 23.7 Å². The van der Waals surface area contributed by atoms with Gasteiger partial charge in [-0.25, -0.2) is 9.97 Å². The van der Waals surface area contributed by atoms with E-state index in [9.17, 15) is 5.26 Å². The van der Waals surface area contributed by atoms with Gasteiger partial charge in [-0.1, -0.05) is 83.1 Å². The van der Waals surface area contributed by atoms with Gasteiger partial charge >= 0.3 is 0 Å². The normalized spacial score (nSPS) is 12.9. The standard InChI is InChI=1S/C41H49N3OS4/c1-21(2)13-27-28(14-22(3)4)44-35-26-17-33(41(10,11)12)49-38(26)37-25(34(35)43-27)16-30(46-37)31-18-29(45-20-23(5)6)39(47-31)36-24(19-42)15-32(48-36)40(7,8)9/h15-18,21-23H,13-14,20H2,1-12H3. The zero-order valence-electron chi connectivity index (χ0n) is 31.0. The Morgan fingerprint density at radius 3 is 1.71 bits per heavy atom. The third kappa shape index (κ3) is 7.19. The number of fused-ring (bicyclic) bond motifs is 6. The topological polar surface area (TPSA) is 58.8 Å². The van der Waals surface area contributed by atoms with Crippen LogP contribution in [0.4, 0.5) is 0 Å². The predicted molar refractivity (Wildman–Crippen MR) is 216 cm³/mol. The average Bonchev–Trinajstić information content (AvgIpc) is 3.78. The van der Waals surface area contributed by atoms with Crippen LogP contribution in [0.15, 0.2) is 24.3 Å². The van der Waals surface area contributed by atoms with Crippen molar-refractivity contribution in [3.63, 3.8) is 0 Å². The highest BCUT2D eigenvalue weighted by Crippen LogP contribution is 2.52. The Morgan fingerprint density at radius 2 is 1.18 bits per heavy atom. The summed E-state index contributed by atoms with van der Waals surface area (Å²) in [6.45, 7) is 27.6. The maximum Gasteiger partial charge on any atom is 0.139 e. The van der Waals surface area contributed by atoms with Gasteiger partial charge in [0.2, 0.25) is 0 Å². The first-order chi connectivity index (χ1) is 22.9. The zero-order valence-corrected chi connectivity index (χ0v) is 34.3. The van der Waals surface area contributed by atoms with Gasteiger partial charge in [-0.05, 0) is 59.6 Å². The Kier molecular flexibility index (Phi) is 9.82. The summed E-state index contributed by atoms with van der Waals surface area (Å²) in [5.41, 5.74) is 5.04. The molecule has 1 aromatic carbocycles. The molecule has 5 aromatic heterocycles. The number of benzene rings is 1. The lowest BCUT2D eigenvalue weighted by molar-refractivity contribution is 0.273. The number of hydrogen-bond acceptors (Lipinski definition) is 8. The van der Waals surface area contributed by atoms with Crippen LogP contribution in [-0.4, -0.2) is 16.6 Å². The number of nitrogens with zero attached hydrogens (tertiary/aromatic N) is 3. The maximum absolute atomic E-state index is 10.2. The van der Waals surface area contributed by atoms with Crippen molar-refractivity contribution in [2.75, 3.05) is 6.61 Å². The van der Waals surface area contributed by atoms with Crippen LogP contribution in [0, 0.1) is 29.1 Å². The molecule has 49 heavy (non-hydrogen) atoms. The van der Waals surface area contributed by atoms with Gasteiger partial charge in [-0.3, -0.25) is 0 Å². The van der Waals surface area contributed by atoms with Crippen molar-refractivity contribution < 1.29 is 4.74 Å². The molecule has 5 heterocycles. The molecule has 0 saturated carbocycles. The summed E-state index contributed by atoms with van der Waals surface area (Å²) in [6.07, 6.45) is 1.85. The van der Waals surface area contributed by atoms with Crippen molar-refractivity contribution >= 4 is 76.6 Å². The van der Waals surface area contributed by atoms with Crippen molar-refractivity contribution in [2.24, 2.45) is 17.8 Å². The minimum atomic E-state index is -0.0391. The van der Waals surface area contributed by atoms with Crippen molar-refractivity contribution in [1.82, 2.24) is 9.97 Å². The first-order valence-corrected chi connectivity index (χ1v) is 20.7. The molecule has 0 spiro atoms. The van der Waals surface area contributed by atoms with E-state index in [4.69, 9.17) is 14.7 Å². The number of ether oxygens (including phenoxy) is 1. The van der Waals surface area contributed by atoms with Crippen LogP contribution in [0.1, 0.15) is 110 Å². The molecule has 0 aliphatic rings. The molecule has 0 N–H and O–H groups in total. The number of aromatic nitrogens is 2. The molecule has 0 fully saturated rings. The highest BCUT2D eigenvalue weighted by Gasteiger charge is 2.27. The van der Waals surface area contributed by atoms with Crippen molar-refractivity contribution in [3.05, 3.63) is 51.0 Å². The summed E-state index contributed by atoms with van der Waals surface area (Å²) in [5.74, 6) is 2.25. The Bertz CT molecular complexity index is 2200. The maximum atomic E-state index is 10.2. The summed E-state index contributed by atoms with van der Waals surface area (Å²) < 4.78 is 9.08. The fraction of sp³-hybridized carbons (Fsp3) is 0.488. The molecule has 6 aromatic rings. The molecular formula is C41H49N3OS4. The molecule has 6 rings (SSSR count). The minimum absolute atomic E-state index is 0.0323. The van der Waals surface area contributed by atoms with E-state index >= 15 is 0 Å². The van der Waals surface area contributed by atoms with Gasteiger partial charge in [0.05, 0.1) is 53.7 Å². The van der Waals surface area contributed by atoms with E-state index in [-0.39, 0.29) is 10.8 Å². The first-order valence-electron chi connectivity index (χ1n) is 17.4. The lowest BCUT2D eigenvalue weighted by Crippen LogP contribution is -2.09. The molecule has 0 aliphatic heterocycles. The Balaban J connectivity index is 1.62. The van der Waals surface area contributed by atoms with E-state index in [2.05, 4.69) is 113 Å². The van der Waals surface area contributed by atoms with Crippen LogP contribution >= 0.6 is 45.3 Å². The second-order valence-electron chi connectivity index (χ2n) is 16.7. The Morgan fingerprint density at radius 1 is 0.653 bits per heavy atom. The first kappa shape index (κ1) is 36.0. The van der Waals surface area contributed by atoms with Gasteiger partial charge in [0.1, 0.15) is 11.8 Å². The van der Waals surface area contributed by atoms with Crippen LogP contribution in [0.5, 0.6) is 5.75 Å². The monoisotopic (exact) mass is 727 g/mol. The van der Waals surface area contributed by atoms with E-state index in [0.717, 1.165) is 61.2 Å². The van der Waals surface area contributed by atoms with Crippen LogP contribution < -0.4 is 4.74 Å².